The van der Waals surface area contributed by atoms with Gasteiger partial charge in [0, 0.05) is 0 Å². The number of aliphatic hydroxyl groups is 7. The molecule has 0 aromatic heterocycles. The Bertz CT molecular complexity index is 341. The molecule has 2 aliphatic heterocycles. The highest BCUT2D eigenvalue weighted by atomic mass is 16.7. The Kier molecular flexibility index (Phi) is 5.48. The van der Waals surface area contributed by atoms with E-state index in [1.807, 2.05) is 0 Å². The van der Waals surface area contributed by atoms with Crippen LogP contribution in [0.2, 0.25) is 0 Å². The van der Waals surface area contributed by atoms with Gasteiger partial charge in [-0.2, -0.15) is 0 Å². The second kappa shape index (κ2) is 6.79. The highest BCUT2D eigenvalue weighted by molar-refractivity contribution is 4.89. The third kappa shape index (κ3) is 3.51. The van der Waals surface area contributed by atoms with Crippen molar-refractivity contribution in [3.8, 4) is 0 Å². The Labute approximate surface area is 119 Å². The topological polar surface area (TPSA) is 169 Å². The highest BCUT2D eigenvalue weighted by Crippen LogP contribution is 2.22. The van der Waals surface area contributed by atoms with E-state index in [0.29, 0.717) is 0 Å². The number of aliphatic hydroxyl groups excluding tert-OH is 7. The first-order chi connectivity index (χ1) is 9.82. The van der Waals surface area contributed by atoms with Crippen molar-refractivity contribution in [2.75, 3.05) is 13.2 Å². The number of hydrogen-bond donors (Lipinski definition) is 7. The summed E-state index contributed by atoms with van der Waals surface area (Å²) in [6, 6.07) is 0. The average molecular weight is 312 g/mol. The molecule has 7 N–H and O–H groups in total. The summed E-state index contributed by atoms with van der Waals surface area (Å²) in [7, 11) is 0. The van der Waals surface area contributed by atoms with Gasteiger partial charge in [0.15, 0.2) is 12.6 Å². The molecule has 2 fully saturated rings. The quantitative estimate of drug-likeness (QED) is 0.268. The zero-order chi connectivity index (χ0) is 15.7. The molecular formula is C11H20O10. The van der Waals surface area contributed by atoms with E-state index in [1.165, 1.54) is 0 Å². The molecule has 0 bridgehead atoms. The van der Waals surface area contributed by atoms with E-state index in [9.17, 15) is 35.7 Å². The summed E-state index contributed by atoms with van der Waals surface area (Å²) in [5, 5.41) is 66.2. The van der Waals surface area contributed by atoms with Crippen LogP contribution in [0.15, 0.2) is 0 Å². The van der Waals surface area contributed by atoms with Gasteiger partial charge in [0.2, 0.25) is 0 Å². The number of rotatable bonds is 3. The Morgan fingerprint density at radius 2 is 1.48 bits per heavy atom. The number of ether oxygens (including phenoxy) is 3. The Balaban J connectivity index is 1.88. The fraction of sp³-hybridized carbons (Fsp3) is 1.00. The second-order valence-corrected chi connectivity index (χ2v) is 5.12. The van der Waals surface area contributed by atoms with Crippen LogP contribution in [0.5, 0.6) is 0 Å². The molecule has 0 aliphatic carbocycles. The van der Waals surface area contributed by atoms with Crippen LogP contribution in [0.1, 0.15) is 0 Å². The minimum Gasteiger partial charge on any atom is -0.388 e. The van der Waals surface area contributed by atoms with Crippen molar-refractivity contribution >= 4 is 0 Å². The van der Waals surface area contributed by atoms with Gasteiger partial charge in [-0.1, -0.05) is 0 Å². The van der Waals surface area contributed by atoms with Gasteiger partial charge in [-0.25, -0.2) is 0 Å². The molecule has 10 nitrogen and oxygen atoms in total. The van der Waals surface area contributed by atoms with Crippen LogP contribution in [0.3, 0.4) is 0 Å². The molecule has 0 aromatic carbocycles. The van der Waals surface area contributed by atoms with Gasteiger partial charge in [-0.3, -0.25) is 0 Å². The van der Waals surface area contributed by atoms with Crippen LogP contribution >= 0.6 is 0 Å². The van der Waals surface area contributed by atoms with Gasteiger partial charge in [0.1, 0.15) is 42.7 Å². The van der Waals surface area contributed by atoms with Gasteiger partial charge >= 0.3 is 0 Å². The Hall–Kier alpha value is -0.400. The first-order valence-electron chi connectivity index (χ1n) is 6.48. The Morgan fingerprint density at radius 3 is 2.14 bits per heavy atom. The van der Waals surface area contributed by atoms with Crippen molar-refractivity contribution in [3.63, 3.8) is 0 Å². The van der Waals surface area contributed by atoms with Crippen LogP contribution < -0.4 is 0 Å². The lowest BCUT2D eigenvalue weighted by atomic mass is 9.99. The Morgan fingerprint density at radius 1 is 0.810 bits per heavy atom. The molecule has 9 atom stereocenters. The predicted octanol–water partition coefficient (Wildman–Crippen LogP) is -4.76. The van der Waals surface area contributed by atoms with Gasteiger partial charge in [0.05, 0.1) is 13.2 Å². The molecule has 0 radical (unpaired) electrons. The monoisotopic (exact) mass is 312 g/mol. The van der Waals surface area contributed by atoms with Crippen molar-refractivity contribution in [3.05, 3.63) is 0 Å². The van der Waals surface area contributed by atoms with E-state index in [2.05, 4.69) is 0 Å². The third-order valence-electron chi connectivity index (χ3n) is 3.57. The van der Waals surface area contributed by atoms with Crippen molar-refractivity contribution < 1.29 is 50.0 Å². The molecule has 2 rings (SSSR count). The molecule has 124 valence electrons. The molecule has 21 heavy (non-hydrogen) atoms. The van der Waals surface area contributed by atoms with Crippen LogP contribution in [0.25, 0.3) is 0 Å². The van der Waals surface area contributed by atoms with E-state index < -0.39 is 55.3 Å². The van der Waals surface area contributed by atoms with Crippen LogP contribution in [0.4, 0.5) is 0 Å². The lowest BCUT2D eigenvalue weighted by Crippen LogP contribution is -2.59. The largest absolute Gasteiger partial charge is 0.388 e. The van der Waals surface area contributed by atoms with Crippen molar-refractivity contribution in [1.29, 1.82) is 0 Å². The van der Waals surface area contributed by atoms with Crippen molar-refractivity contribution in [1.82, 2.24) is 0 Å². The number of hydrogen-bond acceptors (Lipinski definition) is 10. The fourth-order valence-corrected chi connectivity index (χ4v) is 2.18. The maximum absolute atomic E-state index is 9.70. The van der Waals surface area contributed by atoms with E-state index in [4.69, 9.17) is 14.2 Å². The summed E-state index contributed by atoms with van der Waals surface area (Å²) in [6.45, 7) is -0.631. The summed E-state index contributed by atoms with van der Waals surface area (Å²) < 4.78 is 15.0. The zero-order valence-corrected chi connectivity index (χ0v) is 11.0. The molecule has 3 unspecified atom stereocenters. The molecule has 0 spiro atoms. The maximum Gasteiger partial charge on any atom is 0.186 e. The van der Waals surface area contributed by atoms with E-state index in [-0.39, 0.29) is 13.2 Å². The lowest BCUT2D eigenvalue weighted by Gasteiger charge is -2.40. The second-order valence-electron chi connectivity index (χ2n) is 5.12. The first-order valence-corrected chi connectivity index (χ1v) is 6.48. The summed E-state index contributed by atoms with van der Waals surface area (Å²) in [5.41, 5.74) is 0. The molecule has 2 heterocycles. The molecule has 0 amide bonds. The molecule has 0 aromatic rings. The normalized spacial score (nSPS) is 51.9. The smallest absolute Gasteiger partial charge is 0.186 e. The molecule has 2 saturated heterocycles. The molecule has 0 saturated carbocycles. The average Bonchev–Trinajstić information content (AvgIpc) is 2.46. The van der Waals surface area contributed by atoms with E-state index in [0.717, 1.165) is 0 Å². The van der Waals surface area contributed by atoms with E-state index in [1.54, 1.807) is 0 Å². The third-order valence-corrected chi connectivity index (χ3v) is 3.57. The molecule has 10 heteroatoms. The lowest BCUT2D eigenvalue weighted by molar-refractivity contribution is -0.312. The van der Waals surface area contributed by atoms with Crippen molar-refractivity contribution in [2.24, 2.45) is 0 Å². The molecule has 2 aliphatic rings. The summed E-state index contributed by atoms with van der Waals surface area (Å²) in [4.78, 5) is 0. The standard InChI is InChI=1S/C11H20O10/c12-3-1-19-11(9(17)5(3)13)20-2-4-6(14)7(15)8(16)10(18)21-4/h3-18H,1-2H2/t3-,4?,5-,6+,7?,8+,9+,10?,11-/m0/s1. The van der Waals surface area contributed by atoms with Gasteiger partial charge in [-0.15, -0.1) is 0 Å². The van der Waals surface area contributed by atoms with E-state index >= 15 is 0 Å². The highest BCUT2D eigenvalue weighted by Gasteiger charge is 2.44. The fourth-order valence-electron chi connectivity index (χ4n) is 2.18. The van der Waals surface area contributed by atoms with Crippen LogP contribution in [-0.4, -0.2) is 104 Å². The van der Waals surface area contributed by atoms with Crippen LogP contribution in [0, 0.1) is 0 Å². The summed E-state index contributed by atoms with van der Waals surface area (Å²) >= 11 is 0. The predicted molar refractivity (Wildman–Crippen MR) is 62.6 cm³/mol. The van der Waals surface area contributed by atoms with Crippen LogP contribution in [-0.2, 0) is 14.2 Å². The minimum atomic E-state index is -1.69. The summed E-state index contributed by atoms with van der Waals surface area (Å²) in [5.74, 6) is 0. The summed E-state index contributed by atoms with van der Waals surface area (Å²) in [6.07, 6.45) is -13.1. The first kappa shape index (κ1) is 17.0. The zero-order valence-electron chi connectivity index (χ0n) is 11.0. The van der Waals surface area contributed by atoms with Gasteiger partial charge < -0.3 is 50.0 Å². The SMILES string of the molecule is OC1OC(CO[C@@H]2OC[C@H](O)[C@H](O)[C@H]2O)[C@@H](O)C(O)[C@H]1O. The molecular weight excluding hydrogens is 292 g/mol. The minimum absolute atomic E-state index is 0.249. The maximum atomic E-state index is 9.70. The van der Waals surface area contributed by atoms with Crippen molar-refractivity contribution in [2.45, 2.75) is 55.3 Å². The van der Waals surface area contributed by atoms with Gasteiger partial charge in [-0.05, 0) is 0 Å². The van der Waals surface area contributed by atoms with Gasteiger partial charge in [0.25, 0.3) is 0 Å².